The van der Waals surface area contributed by atoms with E-state index in [0.717, 1.165) is 0 Å². The summed E-state index contributed by atoms with van der Waals surface area (Å²) in [5, 5.41) is 0. The Morgan fingerprint density at radius 3 is 1.87 bits per heavy atom. The second-order valence-electron chi connectivity index (χ2n) is 2.27. The first-order valence-corrected chi connectivity index (χ1v) is 7.67. The quantitative estimate of drug-likeness (QED) is 0.280. The van der Waals surface area contributed by atoms with E-state index in [9.17, 15) is 8.42 Å². The molecular weight excluding hydrogens is 495 g/mol. The van der Waals surface area contributed by atoms with Gasteiger partial charge in [-0.05, 0) is 69.8 Å². The summed E-state index contributed by atoms with van der Waals surface area (Å²) in [6.07, 6.45) is 0. The van der Waals surface area contributed by atoms with Crippen molar-refractivity contribution in [1.29, 1.82) is 0 Å². The number of hydrogen-bond acceptors (Lipinski definition) is 2. The van der Waals surface area contributed by atoms with E-state index in [0.29, 0.717) is 13.4 Å². The Labute approximate surface area is 143 Å². The molecule has 0 aromatic heterocycles. The fourth-order valence-corrected chi connectivity index (χ4v) is 4.24. The monoisotopic (exact) mass is 494 g/mol. The SMILES string of the molecule is O=S(=O)(O)c1cc(Br)c(Br)c(Br)c1Br.[NaH]. The molecule has 0 atom stereocenters. The van der Waals surface area contributed by atoms with Crippen molar-refractivity contribution in [3.8, 4) is 0 Å². The van der Waals surface area contributed by atoms with Crippen molar-refractivity contribution >= 4 is 103 Å². The zero-order valence-corrected chi connectivity index (χ0v) is 13.4. The standard InChI is InChI=1S/C6H2Br4O3S.Na.H/c7-2-1-3(14(11,12)13)5(9)6(10)4(2)8;;/h1H,(H,11,12,13);;. The van der Waals surface area contributed by atoms with Crippen LogP contribution in [0.3, 0.4) is 0 Å². The Hall–Kier alpha value is 2.05. The molecule has 0 unspecified atom stereocenters. The van der Waals surface area contributed by atoms with Crippen molar-refractivity contribution in [3.05, 3.63) is 24.0 Å². The Bertz CT molecular complexity index is 488. The van der Waals surface area contributed by atoms with Gasteiger partial charge in [0.15, 0.2) is 0 Å². The first kappa shape index (κ1) is 17.1. The van der Waals surface area contributed by atoms with Gasteiger partial charge in [-0.1, -0.05) is 0 Å². The molecule has 1 rings (SSSR count). The van der Waals surface area contributed by atoms with E-state index in [1.54, 1.807) is 0 Å². The molecule has 80 valence electrons. The molecule has 3 nitrogen and oxygen atoms in total. The van der Waals surface area contributed by atoms with Gasteiger partial charge in [0.05, 0.1) is 4.47 Å². The molecule has 1 aromatic carbocycles. The van der Waals surface area contributed by atoms with Gasteiger partial charge in [0, 0.05) is 13.4 Å². The van der Waals surface area contributed by atoms with Crippen molar-refractivity contribution in [2.75, 3.05) is 0 Å². The summed E-state index contributed by atoms with van der Waals surface area (Å²) in [5.41, 5.74) is 0. The zero-order valence-electron chi connectivity index (χ0n) is 6.26. The van der Waals surface area contributed by atoms with Gasteiger partial charge in [0.2, 0.25) is 0 Å². The van der Waals surface area contributed by atoms with Crippen LogP contribution >= 0.6 is 63.7 Å². The molecule has 0 saturated heterocycles. The normalized spacial score (nSPS) is 11.0. The van der Waals surface area contributed by atoms with Crippen LogP contribution in [0.25, 0.3) is 0 Å². The summed E-state index contributed by atoms with van der Waals surface area (Å²) in [7, 11) is -4.22. The molecule has 1 aromatic rings. The Morgan fingerprint density at radius 2 is 1.47 bits per heavy atom. The third-order valence-corrected chi connectivity index (χ3v) is 7.15. The van der Waals surface area contributed by atoms with E-state index in [4.69, 9.17) is 4.55 Å². The summed E-state index contributed by atoms with van der Waals surface area (Å²) >= 11 is 12.6. The first-order valence-electron chi connectivity index (χ1n) is 3.05. The molecule has 0 amide bonds. The average molecular weight is 498 g/mol. The van der Waals surface area contributed by atoms with Crippen LogP contribution in [0.2, 0.25) is 0 Å². The molecular formula is C6H3Br4NaO3S. The Kier molecular flexibility index (Phi) is 7.14. The predicted octanol–water partition coefficient (Wildman–Crippen LogP) is 3.33. The molecule has 9 heteroatoms. The Balaban J connectivity index is 0.00000196. The minimum atomic E-state index is -4.22. The van der Waals surface area contributed by atoms with Crippen LogP contribution in [-0.2, 0) is 10.1 Å². The first-order chi connectivity index (χ1) is 6.25. The molecule has 0 heterocycles. The van der Waals surface area contributed by atoms with Gasteiger partial charge in [0.25, 0.3) is 10.1 Å². The third-order valence-electron chi connectivity index (χ3n) is 1.35. The van der Waals surface area contributed by atoms with E-state index in [2.05, 4.69) is 63.7 Å². The molecule has 0 aliphatic rings. The molecule has 0 radical (unpaired) electrons. The third kappa shape index (κ3) is 4.03. The summed E-state index contributed by atoms with van der Waals surface area (Å²) in [6, 6.07) is 1.30. The van der Waals surface area contributed by atoms with Crippen LogP contribution in [0.15, 0.2) is 28.9 Å². The Morgan fingerprint density at radius 1 is 1.00 bits per heavy atom. The molecule has 0 saturated carbocycles. The maximum atomic E-state index is 10.9. The molecule has 1 N–H and O–H groups in total. The van der Waals surface area contributed by atoms with Gasteiger partial charge in [-0.2, -0.15) is 8.42 Å². The van der Waals surface area contributed by atoms with Crippen molar-refractivity contribution < 1.29 is 13.0 Å². The fraction of sp³-hybridized carbons (Fsp3) is 0. The van der Waals surface area contributed by atoms with Crippen LogP contribution < -0.4 is 0 Å². The van der Waals surface area contributed by atoms with Crippen LogP contribution in [0, 0.1) is 0 Å². The van der Waals surface area contributed by atoms with Crippen molar-refractivity contribution in [3.63, 3.8) is 0 Å². The minimum absolute atomic E-state index is 0. The van der Waals surface area contributed by atoms with Crippen LogP contribution in [0.5, 0.6) is 0 Å². The van der Waals surface area contributed by atoms with E-state index in [1.165, 1.54) is 6.07 Å². The van der Waals surface area contributed by atoms with E-state index < -0.39 is 10.1 Å². The number of halogens is 4. The van der Waals surface area contributed by atoms with Gasteiger partial charge in [-0.15, -0.1) is 0 Å². The van der Waals surface area contributed by atoms with Crippen molar-refractivity contribution in [2.45, 2.75) is 4.90 Å². The molecule has 0 bridgehead atoms. The second kappa shape index (κ2) is 6.29. The van der Waals surface area contributed by atoms with Crippen LogP contribution in [0.4, 0.5) is 0 Å². The molecule has 0 spiro atoms. The summed E-state index contributed by atoms with van der Waals surface area (Å²) in [6.45, 7) is 0. The summed E-state index contributed by atoms with van der Waals surface area (Å²) < 4.78 is 32.7. The number of rotatable bonds is 1. The molecule has 0 fully saturated rings. The van der Waals surface area contributed by atoms with E-state index >= 15 is 0 Å². The summed E-state index contributed by atoms with van der Waals surface area (Å²) in [4.78, 5) is -0.195. The van der Waals surface area contributed by atoms with E-state index in [1.807, 2.05) is 0 Å². The number of hydrogen-bond donors (Lipinski definition) is 1. The van der Waals surface area contributed by atoms with Crippen molar-refractivity contribution in [1.82, 2.24) is 0 Å². The molecule has 15 heavy (non-hydrogen) atoms. The van der Waals surface area contributed by atoms with E-state index in [-0.39, 0.29) is 38.9 Å². The predicted molar refractivity (Wildman–Crippen MR) is 74.2 cm³/mol. The van der Waals surface area contributed by atoms with Crippen LogP contribution in [0.1, 0.15) is 0 Å². The molecule has 0 aliphatic carbocycles. The number of benzene rings is 1. The topological polar surface area (TPSA) is 54.4 Å². The summed E-state index contributed by atoms with van der Waals surface area (Å²) in [5.74, 6) is 0. The van der Waals surface area contributed by atoms with Gasteiger partial charge >= 0.3 is 29.6 Å². The average Bonchev–Trinajstić information content (AvgIpc) is 2.06. The van der Waals surface area contributed by atoms with Gasteiger partial charge in [-0.3, -0.25) is 4.55 Å². The van der Waals surface area contributed by atoms with Crippen molar-refractivity contribution in [2.24, 2.45) is 0 Å². The van der Waals surface area contributed by atoms with Gasteiger partial charge in [-0.25, -0.2) is 0 Å². The van der Waals surface area contributed by atoms with Crippen LogP contribution in [-0.4, -0.2) is 42.5 Å². The second-order valence-corrected chi connectivity index (χ2v) is 6.90. The molecule has 0 aliphatic heterocycles. The maximum absolute atomic E-state index is 10.9. The van der Waals surface area contributed by atoms with Gasteiger partial charge < -0.3 is 0 Å². The fourth-order valence-electron chi connectivity index (χ4n) is 0.739. The zero-order chi connectivity index (χ0) is 11.1. The van der Waals surface area contributed by atoms with Gasteiger partial charge in [0.1, 0.15) is 4.90 Å².